The van der Waals surface area contributed by atoms with E-state index in [9.17, 15) is 0 Å². The number of nitrogens with zero attached hydrogens (tertiary/aromatic N) is 1. The first-order valence-corrected chi connectivity index (χ1v) is 7.84. The Balaban J connectivity index is 1.72. The first-order valence-electron chi connectivity index (χ1n) is 7.46. The molecule has 1 aliphatic carbocycles. The second-order valence-corrected chi connectivity index (χ2v) is 6.74. The standard InChI is InChI=1S/C16H23ClN2/c1-11-2-4-12(5-3-11)10-19-7-6-13-8-14(18)9-15(17)16(13)19/h8-9,11-12H,2-7,10,18H2,1H3. The maximum Gasteiger partial charge on any atom is 0.0662 e. The fraction of sp³-hybridized carbons (Fsp3) is 0.625. The van der Waals surface area contributed by atoms with Crippen molar-refractivity contribution in [3.8, 4) is 0 Å². The van der Waals surface area contributed by atoms with Crippen LogP contribution in [0.15, 0.2) is 12.1 Å². The van der Waals surface area contributed by atoms with Crippen LogP contribution in [0.2, 0.25) is 5.02 Å². The van der Waals surface area contributed by atoms with Crippen LogP contribution in [0.25, 0.3) is 0 Å². The van der Waals surface area contributed by atoms with Gasteiger partial charge < -0.3 is 10.6 Å². The average Bonchev–Trinajstić information content (AvgIpc) is 2.75. The Morgan fingerprint density at radius 2 is 2.00 bits per heavy atom. The van der Waals surface area contributed by atoms with Gasteiger partial charge in [-0.3, -0.25) is 0 Å². The Morgan fingerprint density at radius 1 is 1.26 bits per heavy atom. The minimum absolute atomic E-state index is 0.789. The van der Waals surface area contributed by atoms with Gasteiger partial charge in [0.15, 0.2) is 0 Å². The van der Waals surface area contributed by atoms with Crippen LogP contribution < -0.4 is 10.6 Å². The molecule has 3 rings (SSSR count). The van der Waals surface area contributed by atoms with Crippen LogP contribution in [0.4, 0.5) is 11.4 Å². The number of rotatable bonds is 2. The average molecular weight is 279 g/mol. The topological polar surface area (TPSA) is 29.3 Å². The summed E-state index contributed by atoms with van der Waals surface area (Å²) in [5, 5.41) is 0.830. The number of halogens is 1. The fourth-order valence-electron chi connectivity index (χ4n) is 3.60. The van der Waals surface area contributed by atoms with Crippen molar-refractivity contribution >= 4 is 23.0 Å². The minimum Gasteiger partial charge on any atom is -0.399 e. The smallest absolute Gasteiger partial charge is 0.0662 e. The molecule has 2 N–H and O–H groups in total. The van der Waals surface area contributed by atoms with Crippen molar-refractivity contribution in [3.63, 3.8) is 0 Å². The second-order valence-electron chi connectivity index (χ2n) is 6.33. The van der Waals surface area contributed by atoms with Crippen LogP contribution in [-0.4, -0.2) is 13.1 Å². The van der Waals surface area contributed by atoms with E-state index in [-0.39, 0.29) is 0 Å². The third-order valence-electron chi connectivity index (χ3n) is 4.75. The number of nitrogens with two attached hydrogens (primary N) is 1. The van der Waals surface area contributed by atoms with Gasteiger partial charge in [0.05, 0.1) is 10.7 Å². The van der Waals surface area contributed by atoms with Gasteiger partial charge in [-0.2, -0.15) is 0 Å². The number of hydrogen-bond donors (Lipinski definition) is 1. The summed E-state index contributed by atoms with van der Waals surface area (Å²) in [4.78, 5) is 2.48. The molecule has 1 aliphatic heterocycles. The lowest BCUT2D eigenvalue weighted by atomic mass is 9.83. The quantitative estimate of drug-likeness (QED) is 0.825. The van der Waals surface area contributed by atoms with Gasteiger partial charge in [0.2, 0.25) is 0 Å². The van der Waals surface area contributed by atoms with Gasteiger partial charge in [-0.15, -0.1) is 0 Å². The number of fused-ring (bicyclic) bond motifs is 1. The summed E-state index contributed by atoms with van der Waals surface area (Å²) in [6.07, 6.45) is 6.62. The van der Waals surface area contributed by atoms with Gasteiger partial charge in [-0.05, 0) is 48.8 Å². The van der Waals surface area contributed by atoms with Crippen molar-refractivity contribution in [2.24, 2.45) is 11.8 Å². The van der Waals surface area contributed by atoms with E-state index in [1.54, 1.807) is 0 Å². The molecule has 0 aromatic heterocycles. The van der Waals surface area contributed by atoms with Crippen molar-refractivity contribution < 1.29 is 0 Å². The highest BCUT2D eigenvalue weighted by Gasteiger charge is 2.26. The monoisotopic (exact) mass is 278 g/mol. The zero-order chi connectivity index (χ0) is 13.4. The predicted octanol–water partition coefficient (Wildman–Crippen LogP) is 4.11. The van der Waals surface area contributed by atoms with Crippen molar-refractivity contribution in [2.75, 3.05) is 23.7 Å². The van der Waals surface area contributed by atoms with Gasteiger partial charge in [0.25, 0.3) is 0 Å². The SMILES string of the molecule is CC1CCC(CN2CCc3cc(N)cc(Cl)c32)CC1. The first kappa shape index (κ1) is 13.1. The highest BCUT2D eigenvalue weighted by atomic mass is 35.5. The van der Waals surface area contributed by atoms with Crippen molar-refractivity contribution in [3.05, 3.63) is 22.7 Å². The molecule has 0 spiro atoms. The maximum absolute atomic E-state index is 6.39. The summed E-state index contributed by atoms with van der Waals surface area (Å²) in [6.45, 7) is 4.65. The summed E-state index contributed by atoms with van der Waals surface area (Å²) >= 11 is 6.39. The van der Waals surface area contributed by atoms with E-state index in [2.05, 4.69) is 17.9 Å². The third-order valence-corrected chi connectivity index (χ3v) is 5.03. The van der Waals surface area contributed by atoms with Crippen LogP contribution in [0, 0.1) is 11.8 Å². The van der Waals surface area contributed by atoms with Crippen LogP contribution in [0.5, 0.6) is 0 Å². The lowest BCUT2D eigenvalue weighted by molar-refractivity contribution is 0.292. The van der Waals surface area contributed by atoms with E-state index in [0.717, 1.165) is 35.5 Å². The normalized spacial score (nSPS) is 26.5. The second kappa shape index (κ2) is 5.24. The van der Waals surface area contributed by atoms with Gasteiger partial charge in [0.1, 0.15) is 0 Å². The summed E-state index contributed by atoms with van der Waals surface area (Å²) in [7, 11) is 0. The predicted molar refractivity (Wildman–Crippen MR) is 82.9 cm³/mol. The molecule has 19 heavy (non-hydrogen) atoms. The largest absolute Gasteiger partial charge is 0.399 e. The fourth-order valence-corrected chi connectivity index (χ4v) is 3.96. The van der Waals surface area contributed by atoms with E-state index in [4.69, 9.17) is 17.3 Å². The molecule has 1 fully saturated rings. The molecule has 0 unspecified atom stereocenters. The molecule has 2 nitrogen and oxygen atoms in total. The first-order chi connectivity index (χ1) is 9.13. The Labute approximate surface area is 120 Å². The van der Waals surface area contributed by atoms with Crippen LogP contribution in [-0.2, 0) is 6.42 Å². The number of anilines is 2. The maximum atomic E-state index is 6.39. The minimum atomic E-state index is 0.789. The van der Waals surface area contributed by atoms with Gasteiger partial charge >= 0.3 is 0 Å². The molecular formula is C16H23ClN2. The molecule has 1 aromatic carbocycles. The van der Waals surface area contributed by atoms with E-state index in [1.807, 2.05) is 6.07 Å². The third kappa shape index (κ3) is 2.69. The molecule has 1 saturated carbocycles. The molecule has 0 bridgehead atoms. The molecule has 0 amide bonds. The lowest BCUT2D eigenvalue weighted by Gasteiger charge is -2.31. The van der Waals surface area contributed by atoms with E-state index < -0.39 is 0 Å². The van der Waals surface area contributed by atoms with Crippen LogP contribution in [0.1, 0.15) is 38.2 Å². The molecule has 0 atom stereocenters. The number of benzene rings is 1. The molecule has 1 heterocycles. The van der Waals surface area contributed by atoms with Crippen LogP contribution >= 0.6 is 11.6 Å². The lowest BCUT2D eigenvalue weighted by Crippen LogP contribution is -2.30. The molecule has 104 valence electrons. The summed E-state index contributed by atoms with van der Waals surface area (Å²) in [5.74, 6) is 1.77. The number of hydrogen-bond acceptors (Lipinski definition) is 2. The van der Waals surface area contributed by atoms with Crippen molar-refractivity contribution in [1.82, 2.24) is 0 Å². The zero-order valence-electron chi connectivity index (χ0n) is 11.7. The van der Waals surface area contributed by atoms with Crippen molar-refractivity contribution in [2.45, 2.75) is 39.0 Å². The van der Waals surface area contributed by atoms with E-state index in [0.29, 0.717) is 0 Å². The zero-order valence-corrected chi connectivity index (χ0v) is 12.4. The van der Waals surface area contributed by atoms with Crippen LogP contribution in [0.3, 0.4) is 0 Å². The molecule has 1 aromatic rings. The Morgan fingerprint density at radius 3 is 2.74 bits per heavy atom. The summed E-state index contributed by atoms with van der Waals surface area (Å²) in [6, 6.07) is 3.98. The Kier molecular flexibility index (Phi) is 3.62. The van der Waals surface area contributed by atoms with Gasteiger partial charge in [-0.25, -0.2) is 0 Å². The summed E-state index contributed by atoms with van der Waals surface area (Å²) < 4.78 is 0. The molecule has 3 heteroatoms. The summed E-state index contributed by atoms with van der Waals surface area (Å²) in [5.41, 5.74) is 9.24. The Hall–Kier alpha value is -0.890. The number of nitrogen functional groups attached to an aromatic ring is 1. The molecular weight excluding hydrogens is 256 g/mol. The van der Waals surface area contributed by atoms with E-state index in [1.165, 1.54) is 43.5 Å². The molecule has 2 aliphatic rings. The Bertz CT molecular complexity index is 464. The van der Waals surface area contributed by atoms with E-state index >= 15 is 0 Å². The van der Waals surface area contributed by atoms with Crippen molar-refractivity contribution in [1.29, 1.82) is 0 Å². The highest BCUT2D eigenvalue weighted by molar-refractivity contribution is 6.33. The molecule has 0 radical (unpaired) electrons. The highest BCUT2D eigenvalue weighted by Crippen LogP contribution is 2.39. The van der Waals surface area contributed by atoms with Gasteiger partial charge in [0, 0.05) is 18.8 Å². The van der Waals surface area contributed by atoms with Gasteiger partial charge in [-0.1, -0.05) is 31.4 Å². The molecule has 0 saturated heterocycles.